The molecule has 0 saturated heterocycles. The second kappa shape index (κ2) is 11.3. The Morgan fingerprint density at radius 2 is 1.88 bits per heavy atom. The normalized spacial score (nSPS) is 12.3. The lowest BCUT2D eigenvalue weighted by atomic mass is 10.0. The number of hydrogen-bond acceptors (Lipinski definition) is 6. The maximum absolute atomic E-state index is 12.9. The van der Waals surface area contributed by atoms with Crippen LogP contribution in [-0.2, 0) is 9.53 Å². The minimum atomic E-state index is -0.471. The number of ether oxygens (including phenoxy) is 2. The smallest absolute Gasteiger partial charge is 0.328 e. The number of methoxy groups -OCH3 is 1. The van der Waals surface area contributed by atoms with Crippen LogP contribution < -0.4 is 10.1 Å². The summed E-state index contributed by atoms with van der Waals surface area (Å²) in [5.41, 5.74) is 2.40. The number of halogens is 1. The van der Waals surface area contributed by atoms with E-state index in [9.17, 15) is 4.79 Å². The number of benzene rings is 2. The van der Waals surface area contributed by atoms with Gasteiger partial charge in [-0.1, -0.05) is 25.4 Å². The van der Waals surface area contributed by atoms with Crippen molar-refractivity contribution < 1.29 is 14.3 Å². The second-order valence-corrected chi connectivity index (χ2v) is 8.09. The summed E-state index contributed by atoms with van der Waals surface area (Å²) in [7, 11) is 1.64. The number of carbonyl (C=O) groups is 1. The predicted octanol–water partition coefficient (Wildman–Crippen LogP) is 5.52. The molecule has 0 spiro atoms. The van der Waals surface area contributed by atoms with Crippen LogP contribution in [0.4, 0.5) is 5.69 Å². The van der Waals surface area contributed by atoms with E-state index in [1.54, 1.807) is 7.11 Å². The van der Waals surface area contributed by atoms with Crippen LogP contribution >= 0.6 is 11.6 Å². The van der Waals surface area contributed by atoms with Gasteiger partial charge in [0.15, 0.2) is 0 Å². The zero-order valence-corrected chi connectivity index (χ0v) is 20.0. The fraction of sp³-hybridized carbons (Fsp3) is 0.440. The van der Waals surface area contributed by atoms with Crippen molar-refractivity contribution in [3.63, 3.8) is 0 Å². The zero-order valence-electron chi connectivity index (χ0n) is 19.3. The second-order valence-electron chi connectivity index (χ2n) is 7.65. The molecule has 7 heteroatoms. The summed E-state index contributed by atoms with van der Waals surface area (Å²) in [6.07, 6.45) is 1.55. The minimum Gasteiger partial charge on any atom is -0.497 e. The molecule has 2 aromatic carbocycles. The van der Waals surface area contributed by atoms with Crippen LogP contribution in [0.15, 0.2) is 36.4 Å². The van der Waals surface area contributed by atoms with Crippen molar-refractivity contribution in [2.45, 2.75) is 39.7 Å². The van der Waals surface area contributed by atoms with Crippen molar-refractivity contribution in [3.05, 3.63) is 41.4 Å². The van der Waals surface area contributed by atoms with Crippen molar-refractivity contribution in [1.82, 2.24) is 9.88 Å². The van der Waals surface area contributed by atoms with E-state index in [0.717, 1.165) is 59.3 Å². The lowest BCUT2D eigenvalue weighted by Gasteiger charge is -2.23. The molecule has 0 aliphatic heterocycles. The van der Waals surface area contributed by atoms with E-state index in [1.807, 2.05) is 43.3 Å². The molecule has 1 heterocycles. The van der Waals surface area contributed by atoms with Gasteiger partial charge in [-0.3, -0.25) is 0 Å². The lowest BCUT2D eigenvalue weighted by Crippen LogP contribution is -2.33. The van der Waals surface area contributed by atoms with E-state index in [0.29, 0.717) is 18.1 Å². The molecule has 0 unspecified atom stereocenters. The molecule has 1 aromatic heterocycles. The van der Waals surface area contributed by atoms with Gasteiger partial charge in [0.25, 0.3) is 0 Å². The summed E-state index contributed by atoms with van der Waals surface area (Å²) in [5.74, 6) is 0.479. The number of rotatable bonds is 11. The summed E-state index contributed by atoms with van der Waals surface area (Å²) < 4.78 is 10.8. The van der Waals surface area contributed by atoms with Crippen molar-refractivity contribution in [2.75, 3.05) is 38.7 Å². The van der Waals surface area contributed by atoms with E-state index in [-0.39, 0.29) is 5.97 Å². The Morgan fingerprint density at radius 1 is 1.09 bits per heavy atom. The van der Waals surface area contributed by atoms with Gasteiger partial charge in [-0.15, -0.1) is 0 Å². The molecule has 3 rings (SSSR count). The van der Waals surface area contributed by atoms with Gasteiger partial charge in [0.1, 0.15) is 11.8 Å². The Kier molecular flexibility index (Phi) is 8.53. The number of esters is 1. The first-order valence-corrected chi connectivity index (χ1v) is 11.6. The summed E-state index contributed by atoms with van der Waals surface area (Å²) in [6.45, 7) is 9.40. The Hall–Kier alpha value is -2.57. The number of aromatic nitrogens is 1. The topological polar surface area (TPSA) is 63.7 Å². The van der Waals surface area contributed by atoms with E-state index < -0.39 is 6.04 Å². The van der Waals surface area contributed by atoms with Gasteiger partial charge in [0, 0.05) is 15.8 Å². The van der Waals surface area contributed by atoms with E-state index in [1.165, 1.54) is 0 Å². The van der Waals surface area contributed by atoms with Gasteiger partial charge in [-0.25, -0.2) is 9.78 Å². The molecule has 6 nitrogen and oxygen atoms in total. The highest BCUT2D eigenvalue weighted by molar-refractivity contribution is 6.31. The molecule has 3 aromatic rings. The van der Waals surface area contributed by atoms with Gasteiger partial charge in [0.2, 0.25) is 0 Å². The molecule has 32 heavy (non-hydrogen) atoms. The van der Waals surface area contributed by atoms with Crippen LogP contribution in [0.25, 0.3) is 21.8 Å². The third-order valence-corrected chi connectivity index (χ3v) is 5.93. The number of hydrogen-bond donors (Lipinski definition) is 1. The molecular weight excluding hydrogens is 426 g/mol. The maximum Gasteiger partial charge on any atom is 0.328 e. The lowest BCUT2D eigenvalue weighted by molar-refractivity contribution is -0.144. The fourth-order valence-electron chi connectivity index (χ4n) is 3.90. The van der Waals surface area contributed by atoms with Gasteiger partial charge in [-0.2, -0.15) is 0 Å². The summed E-state index contributed by atoms with van der Waals surface area (Å²) in [4.78, 5) is 20.0. The van der Waals surface area contributed by atoms with Gasteiger partial charge >= 0.3 is 5.97 Å². The third kappa shape index (κ3) is 5.61. The fourth-order valence-corrected chi connectivity index (χ4v) is 4.07. The number of nitrogens with one attached hydrogen (secondary N) is 1. The average molecular weight is 458 g/mol. The van der Waals surface area contributed by atoms with Crippen molar-refractivity contribution >= 4 is 45.1 Å². The SMILES string of the molecule is CCOC(=O)[C@H](CCCN(CC)CC)Nc1c2ccc(Cl)cc2nc2ccc(OC)cc12. The Morgan fingerprint density at radius 3 is 2.56 bits per heavy atom. The highest BCUT2D eigenvalue weighted by Gasteiger charge is 2.22. The molecule has 0 aliphatic rings. The third-order valence-electron chi connectivity index (χ3n) is 5.69. The Balaban J connectivity index is 2.03. The molecule has 0 saturated carbocycles. The van der Waals surface area contributed by atoms with Crippen molar-refractivity contribution in [3.8, 4) is 5.75 Å². The number of carbonyl (C=O) groups excluding carboxylic acids is 1. The summed E-state index contributed by atoms with van der Waals surface area (Å²) >= 11 is 6.23. The molecule has 0 amide bonds. The molecule has 0 bridgehead atoms. The Bertz CT molecular complexity index is 1070. The predicted molar refractivity (Wildman–Crippen MR) is 132 cm³/mol. The van der Waals surface area contributed by atoms with Crippen molar-refractivity contribution in [1.29, 1.82) is 0 Å². The van der Waals surface area contributed by atoms with Crippen LogP contribution in [0.3, 0.4) is 0 Å². The summed E-state index contributed by atoms with van der Waals surface area (Å²) in [5, 5.41) is 5.90. The van der Waals surface area contributed by atoms with E-state index >= 15 is 0 Å². The summed E-state index contributed by atoms with van der Waals surface area (Å²) in [6, 6.07) is 10.9. The molecule has 1 atom stereocenters. The van der Waals surface area contributed by atoms with Crippen LogP contribution in [0, 0.1) is 0 Å². The monoisotopic (exact) mass is 457 g/mol. The largest absolute Gasteiger partial charge is 0.497 e. The highest BCUT2D eigenvalue weighted by atomic mass is 35.5. The van der Waals surface area contributed by atoms with E-state index in [4.69, 9.17) is 26.1 Å². The number of anilines is 1. The van der Waals surface area contributed by atoms with Gasteiger partial charge in [0.05, 0.1) is 30.4 Å². The minimum absolute atomic E-state index is 0.248. The first kappa shape index (κ1) is 24.1. The number of pyridine rings is 1. The van der Waals surface area contributed by atoms with Gasteiger partial charge in [-0.05, 0) is 75.8 Å². The standard InChI is InChI=1S/C25H32ClN3O3/c1-5-29(6-2)14-8-9-22(25(30)32-7-3)28-24-19-12-10-17(26)15-23(19)27-21-13-11-18(31-4)16-20(21)24/h10-13,15-16,22H,5-9,14H2,1-4H3,(H,27,28)/t22-/m0/s1. The number of nitrogens with zero attached hydrogens (tertiary/aromatic N) is 2. The molecular formula is C25H32ClN3O3. The zero-order chi connectivity index (χ0) is 23.1. The number of fused-ring (bicyclic) bond motifs is 2. The molecule has 0 radical (unpaired) electrons. The average Bonchev–Trinajstić information content (AvgIpc) is 2.80. The first-order valence-electron chi connectivity index (χ1n) is 11.2. The maximum atomic E-state index is 12.9. The highest BCUT2D eigenvalue weighted by Crippen LogP contribution is 2.35. The van der Waals surface area contributed by atoms with Crippen molar-refractivity contribution in [2.24, 2.45) is 0 Å². The first-order chi connectivity index (χ1) is 15.5. The van der Waals surface area contributed by atoms with Gasteiger partial charge < -0.3 is 19.7 Å². The quantitative estimate of drug-likeness (QED) is 0.302. The van der Waals surface area contributed by atoms with Crippen LogP contribution in [0.2, 0.25) is 5.02 Å². The van der Waals surface area contributed by atoms with Crippen LogP contribution in [0.1, 0.15) is 33.6 Å². The molecule has 0 aliphatic carbocycles. The van der Waals surface area contributed by atoms with E-state index in [2.05, 4.69) is 24.1 Å². The van der Waals surface area contributed by atoms with Crippen LogP contribution in [-0.4, -0.2) is 55.2 Å². The molecule has 1 N–H and O–H groups in total. The Labute approximate surface area is 194 Å². The molecule has 0 fully saturated rings. The molecule has 172 valence electrons. The van der Waals surface area contributed by atoms with Crippen LogP contribution in [0.5, 0.6) is 5.75 Å².